The first kappa shape index (κ1) is 7.54. The largest absolute Gasteiger partial charge is 0.261 e. The molecule has 0 saturated heterocycles. The molecule has 0 atom stereocenters. The van der Waals surface area contributed by atoms with Crippen LogP contribution < -0.4 is 0 Å². The van der Waals surface area contributed by atoms with Crippen LogP contribution in [0.1, 0.15) is 12.1 Å². The van der Waals surface area contributed by atoms with Crippen molar-refractivity contribution in [3.63, 3.8) is 0 Å². The molecule has 54 valence electrons. The molecule has 0 aromatic carbocycles. The van der Waals surface area contributed by atoms with Crippen LogP contribution >= 0.6 is 12.6 Å². The number of nitrogens with zero attached hydrogens (tertiary/aromatic N) is 2. The van der Waals surface area contributed by atoms with E-state index in [4.69, 9.17) is 0 Å². The Morgan fingerprint density at radius 3 is 2.90 bits per heavy atom. The molecule has 1 rings (SSSR count). The van der Waals surface area contributed by atoms with E-state index in [-0.39, 0.29) is 0 Å². The molecule has 3 heteroatoms. The maximum atomic E-state index is 4.12. The normalized spacial score (nSPS) is 9.70. The highest BCUT2D eigenvalue weighted by Crippen LogP contribution is 1.96. The second-order valence-corrected chi connectivity index (χ2v) is 2.47. The molecule has 1 heterocycles. The molecule has 1 aromatic rings. The average Bonchev–Trinajstić information content (AvgIpc) is 2.03. The van der Waals surface area contributed by atoms with Crippen molar-refractivity contribution in [1.29, 1.82) is 0 Å². The Bertz CT molecular complexity index is 176. The number of aromatic nitrogens is 2. The first-order valence-electron chi connectivity index (χ1n) is 3.29. The van der Waals surface area contributed by atoms with Gasteiger partial charge in [0, 0.05) is 18.6 Å². The summed E-state index contributed by atoms with van der Waals surface area (Å²) >= 11 is 4.10. The molecule has 0 bridgehead atoms. The van der Waals surface area contributed by atoms with Crippen molar-refractivity contribution in [3.05, 3.63) is 24.3 Å². The van der Waals surface area contributed by atoms with Crippen LogP contribution in [-0.4, -0.2) is 15.7 Å². The first-order valence-corrected chi connectivity index (χ1v) is 3.92. The van der Waals surface area contributed by atoms with E-state index in [9.17, 15) is 0 Å². The Morgan fingerprint density at radius 2 is 2.30 bits per heavy atom. The van der Waals surface area contributed by atoms with Crippen molar-refractivity contribution in [3.8, 4) is 0 Å². The van der Waals surface area contributed by atoms with Gasteiger partial charge in [0.15, 0.2) is 0 Å². The van der Waals surface area contributed by atoms with Gasteiger partial charge in [0.1, 0.15) is 0 Å². The Balaban J connectivity index is 2.43. The van der Waals surface area contributed by atoms with Crippen LogP contribution in [0.3, 0.4) is 0 Å². The summed E-state index contributed by atoms with van der Waals surface area (Å²) in [6, 6.07) is 0. The summed E-state index contributed by atoms with van der Waals surface area (Å²) in [5, 5.41) is 0. The lowest BCUT2D eigenvalue weighted by molar-refractivity contribution is 0.881. The third-order valence-corrected chi connectivity index (χ3v) is 1.52. The highest BCUT2D eigenvalue weighted by atomic mass is 32.1. The fourth-order valence-corrected chi connectivity index (χ4v) is 0.877. The van der Waals surface area contributed by atoms with E-state index in [1.807, 2.05) is 0 Å². The van der Waals surface area contributed by atoms with E-state index in [0.29, 0.717) is 0 Å². The van der Waals surface area contributed by atoms with E-state index in [1.165, 1.54) is 0 Å². The van der Waals surface area contributed by atoms with E-state index < -0.39 is 0 Å². The van der Waals surface area contributed by atoms with Crippen LogP contribution in [0.15, 0.2) is 18.6 Å². The zero-order chi connectivity index (χ0) is 7.23. The lowest BCUT2D eigenvalue weighted by Crippen LogP contribution is -1.90. The Hall–Kier alpha value is -0.570. The average molecular weight is 154 g/mol. The monoisotopic (exact) mass is 154 g/mol. The van der Waals surface area contributed by atoms with Crippen molar-refractivity contribution >= 4 is 12.6 Å². The molecule has 0 unspecified atom stereocenters. The number of thiol groups is 1. The molecule has 10 heavy (non-hydrogen) atoms. The number of hydrogen-bond acceptors (Lipinski definition) is 3. The van der Waals surface area contributed by atoms with Crippen LogP contribution in [0, 0.1) is 0 Å². The molecule has 0 aliphatic rings. The Kier molecular flexibility index (Phi) is 3.22. The molecule has 1 aromatic heterocycles. The molecule has 0 spiro atoms. The van der Waals surface area contributed by atoms with Gasteiger partial charge in [-0.25, -0.2) is 0 Å². The van der Waals surface area contributed by atoms with Crippen LogP contribution in [0.5, 0.6) is 0 Å². The first-order chi connectivity index (χ1) is 4.93. The third kappa shape index (κ3) is 2.35. The van der Waals surface area contributed by atoms with Crippen LogP contribution in [-0.2, 0) is 6.42 Å². The maximum Gasteiger partial charge on any atom is 0.0586 e. The van der Waals surface area contributed by atoms with E-state index >= 15 is 0 Å². The zero-order valence-corrected chi connectivity index (χ0v) is 6.59. The molecule has 0 amide bonds. The molecule has 0 aliphatic heterocycles. The molecular formula is C7H10N2S. The SMILES string of the molecule is SCCCc1cnccn1. The second-order valence-electron chi connectivity index (χ2n) is 2.02. The molecule has 0 radical (unpaired) electrons. The highest BCUT2D eigenvalue weighted by molar-refractivity contribution is 7.80. The van der Waals surface area contributed by atoms with E-state index in [1.54, 1.807) is 18.6 Å². The maximum absolute atomic E-state index is 4.12. The van der Waals surface area contributed by atoms with Gasteiger partial charge in [0.25, 0.3) is 0 Å². The number of rotatable bonds is 3. The van der Waals surface area contributed by atoms with Crippen LogP contribution in [0.2, 0.25) is 0 Å². The molecule has 2 nitrogen and oxygen atoms in total. The predicted molar refractivity (Wildman–Crippen MR) is 44.2 cm³/mol. The van der Waals surface area contributed by atoms with Crippen molar-refractivity contribution < 1.29 is 0 Å². The van der Waals surface area contributed by atoms with Gasteiger partial charge in [-0.1, -0.05) is 0 Å². The standard InChI is InChI=1S/C7H10N2S/c10-5-1-2-7-6-8-3-4-9-7/h3-4,6,10H,1-2,5H2. The highest BCUT2D eigenvalue weighted by Gasteiger charge is 1.90. The predicted octanol–water partition coefficient (Wildman–Crippen LogP) is 1.34. The van der Waals surface area contributed by atoms with E-state index in [2.05, 4.69) is 22.6 Å². The van der Waals surface area contributed by atoms with Crippen LogP contribution in [0.4, 0.5) is 0 Å². The summed E-state index contributed by atoms with van der Waals surface area (Å²) in [5.41, 5.74) is 1.05. The summed E-state index contributed by atoms with van der Waals surface area (Å²) in [7, 11) is 0. The summed E-state index contributed by atoms with van der Waals surface area (Å²) < 4.78 is 0. The van der Waals surface area contributed by atoms with Gasteiger partial charge < -0.3 is 0 Å². The van der Waals surface area contributed by atoms with Gasteiger partial charge in [-0.3, -0.25) is 9.97 Å². The quantitative estimate of drug-likeness (QED) is 0.665. The molecule has 0 N–H and O–H groups in total. The molecule has 0 aliphatic carbocycles. The minimum Gasteiger partial charge on any atom is -0.261 e. The fourth-order valence-electron chi connectivity index (χ4n) is 0.719. The zero-order valence-electron chi connectivity index (χ0n) is 5.70. The number of hydrogen-bond donors (Lipinski definition) is 1. The van der Waals surface area contributed by atoms with Gasteiger partial charge >= 0.3 is 0 Å². The van der Waals surface area contributed by atoms with Crippen LogP contribution in [0.25, 0.3) is 0 Å². The molecule has 0 fully saturated rings. The lowest BCUT2D eigenvalue weighted by Gasteiger charge is -1.94. The summed E-state index contributed by atoms with van der Waals surface area (Å²) in [5.74, 6) is 0.913. The van der Waals surface area contributed by atoms with Crippen molar-refractivity contribution in [2.45, 2.75) is 12.8 Å². The Morgan fingerprint density at radius 1 is 1.40 bits per heavy atom. The van der Waals surface area contributed by atoms with Gasteiger partial charge in [-0.2, -0.15) is 12.6 Å². The molecular weight excluding hydrogens is 144 g/mol. The lowest BCUT2D eigenvalue weighted by atomic mass is 10.3. The molecule has 0 saturated carbocycles. The Labute approximate surface area is 66.1 Å². The number of aryl methyl sites for hydroxylation is 1. The minimum absolute atomic E-state index is 0.913. The van der Waals surface area contributed by atoms with Crippen molar-refractivity contribution in [2.24, 2.45) is 0 Å². The minimum atomic E-state index is 0.913. The fraction of sp³-hybridized carbons (Fsp3) is 0.429. The second kappa shape index (κ2) is 4.28. The van der Waals surface area contributed by atoms with Crippen molar-refractivity contribution in [1.82, 2.24) is 9.97 Å². The topological polar surface area (TPSA) is 25.8 Å². The summed E-state index contributed by atoms with van der Waals surface area (Å²) in [4.78, 5) is 8.07. The van der Waals surface area contributed by atoms with Gasteiger partial charge in [-0.15, -0.1) is 0 Å². The van der Waals surface area contributed by atoms with Gasteiger partial charge in [0.2, 0.25) is 0 Å². The smallest absolute Gasteiger partial charge is 0.0586 e. The van der Waals surface area contributed by atoms with E-state index in [0.717, 1.165) is 24.3 Å². The summed E-state index contributed by atoms with van der Waals surface area (Å²) in [6.07, 6.45) is 7.25. The van der Waals surface area contributed by atoms with Crippen molar-refractivity contribution in [2.75, 3.05) is 5.75 Å². The third-order valence-electron chi connectivity index (χ3n) is 1.21. The van der Waals surface area contributed by atoms with Gasteiger partial charge in [0.05, 0.1) is 5.69 Å². The summed E-state index contributed by atoms with van der Waals surface area (Å²) in [6.45, 7) is 0. The van der Waals surface area contributed by atoms with Gasteiger partial charge in [-0.05, 0) is 18.6 Å².